The van der Waals surface area contributed by atoms with Crippen LogP contribution in [0, 0.1) is 0 Å². The summed E-state index contributed by atoms with van der Waals surface area (Å²) >= 11 is 0. The molecule has 0 aliphatic carbocycles. The number of nitrogens with one attached hydrogen (secondary N) is 2. The van der Waals surface area contributed by atoms with Crippen molar-refractivity contribution in [3.8, 4) is 44.5 Å². The Morgan fingerprint density at radius 1 is 0.382 bits per heavy atom. The minimum absolute atomic E-state index is 0.219. The fourth-order valence-corrected chi connectivity index (χ4v) is 8.49. The number of H-pyrrole nitrogens is 2. The highest BCUT2D eigenvalue weighted by atomic mass is 16.7. The quantitative estimate of drug-likeness (QED) is 0.0567. The third-order valence-electron chi connectivity index (χ3n) is 11.6. The van der Waals surface area contributed by atoms with Crippen molar-refractivity contribution >= 4 is 46.1 Å². The zero-order valence-electron chi connectivity index (χ0n) is 38.7. The Morgan fingerprint density at radius 2 is 0.706 bits per heavy atom. The molecule has 0 radical (unpaired) electrons. The average Bonchev–Trinajstić information content (AvgIpc) is 4.23. The highest BCUT2D eigenvalue weighted by Crippen LogP contribution is 2.41. The lowest BCUT2D eigenvalue weighted by atomic mass is 9.99. The van der Waals surface area contributed by atoms with Crippen molar-refractivity contribution in [3.05, 3.63) is 167 Å². The van der Waals surface area contributed by atoms with Crippen LogP contribution < -0.4 is 0 Å². The molecule has 0 fully saturated rings. The molecule has 0 amide bonds. The predicted molar refractivity (Wildman–Crippen MR) is 268 cm³/mol. The zero-order chi connectivity index (χ0) is 46.7. The first-order chi connectivity index (χ1) is 33.5. The van der Waals surface area contributed by atoms with Gasteiger partial charge in [-0.2, -0.15) is 0 Å². The molecule has 346 valence electrons. The number of hydrogen-bond acceptors (Lipinski definition) is 10. The summed E-state index contributed by atoms with van der Waals surface area (Å²) in [6.45, 7) is 2.61. The van der Waals surface area contributed by atoms with Crippen LogP contribution >= 0.6 is 0 Å². The molecule has 4 aromatic carbocycles. The number of rotatable bonds is 20. The van der Waals surface area contributed by atoms with Crippen molar-refractivity contribution < 1.29 is 37.9 Å². The molecule has 0 saturated heterocycles. The largest absolute Gasteiger partial charge is 0.359 e. The van der Waals surface area contributed by atoms with Crippen LogP contribution in [0.4, 0.5) is 5.69 Å². The fourth-order valence-electron chi connectivity index (χ4n) is 8.49. The molecule has 0 saturated carbocycles. The highest BCUT2D eigenvalue weighted by molar-refractivity contribution is 6.05. The minimum atomic E-state index is 0.219. The van der Waals surface area contributed by atoms with E-state index in [0.29, 0.717) is 26.4 Å². The van der Waals surface area contributed by atoms with Gasteiger partial charge in [-0.05, 0) is 87.0 Å². The zero-order valence-corrected chi connectivity index (χ0v) is 38.7. The topological polar surface area (TPSA) is 131 Å². The van der Waals surface area contributed by atoms with Crippen LogP contribution in [0.1, 0.15) is 39.2 Å². The van der Waals surface area contributed by atoms with Gasteiger partial charge in [0.25, 0.3) is 0 Å². The van der Waals surface area contributed by atoms with Gasteiger partial charge >= 0.3 is 0 Å². The Morgan fingerprint density at radius 3 is 1.07 bits per heavy atom. The van der Waals surface area contributed by atoms with E-state index in [2.05, 4.69) is 150 Å². The lowest BCUT2D eigenvalue weighted by molar-refractivity contribution is -0.0391. The van der Waals surface area contributed by atoms with Crippen molar-refractivity contribution in [2.24, 2.45) is 4.99 Å². The van der Waals surface area contributed by atoms with E-state index in [4.69, 9.17) is 47.9 Å². The molecule has 12 heteroatoms. The van der Waals surface area contributed by atoms with Crippen LogP contribution in [0.3, 0.4) is 0 Å². The van der Waals surface area contributed by atoms with Crippen LogP contribution in [0.25, 0.3) is 78.7 Å². The van der Waals surface area contributed by atoms with Gasteiger partial charge in [-0.25, -0.2) is 4.98 Å². The Bertz CT molecular complexity index is 2640. The van der Waals surface area contributed by atoms with E-state index in [0.717, 1.165) is 111 Å². The molecule has 0 spiro atoms. The van der Waals surface area contributed by atoms with Crippen LogP contribution in [0.2, 0.25) is 0 Å². The summed E-state index contributed by atoms with van der Waals surface area (Å²) in [4.78, 5) is 18.4. The third kappa shape index (κ3) is 10.6. The van der Waals surface area contributed by atoms with Gasteiger partial charge in [0, 0.05) is 84.5 Å². The van der Waals surface area contributed by atoms with Crippen molar-refractivity contribution in [2.75, 3.05) is 55.6 Å². The lowest BCUT2D eigenvalue weighted by Crippen LogP contribution is -1.97. The number of hydrogen-bond donors (Lipinski definition) is 2. The highest BCUT2D eigenvalue weighted by Gasteiger charge is 2.19. The van der Waals surface area contributed by atoms with Gasteiger partial charge in [0.05, 0.1) is 43.5 Å². The number of fused-ring (bicyclic) bond motifs is 8. The molecule has 7 aromatic rings. The van der Waals surface area contributed by atoms with Gasteiger partial charge in [-0.1, -0.05) is 97.1 Å². The number of methoxy groups -OCH3 is 4. The summed E-state index contributed by atoms with van der Waals surface area (Å²) in [6.07, 6.45) is 6.17. The molecule has 2 aliphatic rings. The first kappa shape index (κ1) is 46.3. The first-order valence-corrected chi connectivity index (χ1v) is 22.3. The Hall–Kier alpha value is -6.84. The van der Waals surface area contributed by atoms with E-state index >= 15 is 0 Å². The molecule has 68 heavy (non-hydrogen) atoms. The molecule has 3 aromatic heterocycles. The number of aliphatic imine (C=N–C) groups is 1. The number of benzene rings is 4. The molecule has 2 aliphatic heterocycles. The van der Waals surface area contributed by atoms with Gasteiger partial charge < -0.3 is 47.9 Å². The van der Waals surface area contributed by atoms with Crippen LogP contribution in [-0.4, -0.2) is 76.8 Å². The van der Waals surface area contributed by atoms with Crippen molar-refractivity contribution in [1.82, 2.24) is 15.0 Å². The van der Waals surface area contributed by atoms with Crippen LogP contribution in [0.5, 0.6) is 0 Å². The molecule has 9 rings (SSSR count). The molecule has 0 unspecified atom stereocenters. The molecular formula is C56H54N4O8. The van der Waals surface area contributed by atoms with Crippen LogP contribution in [0.15, 0.2) is 132 Å². The second-order valence-electron chi connectivity index (χ2n) is 16.3. The summed E-state index contributed by atoms with van der Waals surface area (Å²) in [5.41, 5.74) is 19.0. The van der Waals surface area contributed by atoms with Gasteiger partial charge in [-0.15, -0.1) is 0 Å². The van der Waals surface area contributed by atoms with Gasteiger partial charge in [0.1, 0.15) is 27.2 Å². The van der Waals surface area contributed by atoms with Crippen molar-refractivity contribution in [1.29, 1.82) is 0 Å². The summed E-state index contributed by atoms with van der Waals surface area (Å²) in [6, 6.07) is 44.4. The monoisotopic (exact) mass is 910 g/mol. The predicted octanol–water partition coefficient (Wildman–Crippen LogP) is 12.0. The number of aromatic nitrogens is 3. The fraction of sp³-hybridized carbons (Fsp3) is 0.214. The molecular weight excluding hydrogens is 857 g/mol. The summed E-state index contributed by atoms with van der Waals surface area (Å²) in [5, 5.41) is 0. The molecule has 12 nitrogen and oxygen atoms in total. The van der Waals surface area contributed by atoms with E-state index in [-0.39, 0.29) is 27.2 Å². The number of aromatic amines is 2. The summed E-state index contributed by atoms with van der Waals surface area (Å²) < 4.78 is 43.3. The second-order valence-corrected chi connectivity index (χ2v) is 16.3. The van der Waals surface area contributed by atoms with Crippen molar-refractivity contribution in [3.63, 3.8) is 0 Å². The second kappa shape index (κ2) is 22.3. The maximum atomic E-state index is 5.69. The molecule has 0 atom stereocenters. The van der Waals surface area contributed by atoms with E-state index < -0.39 is 0 Å². The Kier molecular flexibility index (Phi) is 15.2. The van der Waals surface area contributed by atoms with Crippen molar-refractivity contribution in [2.45, 2.75) is 26.4 Å². The summed E-state index contributed by atoms with van der Waals surface area (Å²) in [5.74, 6) is 0. The smallest absolute Gasteiger partial charge is 0.146 e. The summed E-state index contributed by atoms with van der Waals surface area (Å²) in [7, 11) is 6.49. The van der Waals surface area contributed by atoms with E-state index in [1.165, 1.54) is 0 Å². The lowest BCUT2D eigenvalue weighted by Gasteiger charge is -2.09. The van der Waals surface area contributed by atoms with Gasteiger partial charge in [-0.3, -0.25) is 4.99 Å². The van der Waals surface area contributed by atoms with E-state index in [9.17, 15) is 0 Å². The van der Waals surface area contributed by atoms with Gasteiger partial charge in [0.2, 0.25) is 0 Å². The number of nitrogens with zero attached hydrogens (tertiary/aromatic N) is 2. The average molecular weight is 911 g/mol. The SMILES string of the molecule is COCOCc1ccc(-c2c3cc(c(-c4ccc(COCOC)cc4)c4ccc([nH]4)c(-c4ccc(COCOC)cc4)c4nc(c(-c5ccc(COCOC)cc5)c5ccc2[nH]5)C=C4)N=C3)cc1. The molecule has 8 bridgehead atoms. The molecule has 2 N–H and O–H groups in total. The molecule has 5 heterocycles. The van der Waals surface area contributed by atoms with E-state index in [1.807, 2.05) is 6.21 Å². The first-order valence-electron chi connectivity index (χ1n) is 22.3. The Labute approximate surface area is 395 Å². The maximum absolute atomic E-state index is 5.69. The van der Waals surface area contributed by atoms with E-state index in [1.54, 1.807) is 28.4 Å². The Balaban J connectivity index is 1.31. The normalized spacial score (nSPS) is 12.1. The minimum Gasteiger partial charge on any atom is -0.359 e. The third-order valence-corrected chi connectivity index (χ3v) is 11.6. The maximum Gasteiger partial charge on any atom is 0.146 e. The standard InChI is InChI=1S/C56H54N4O8/c1-61-33-65-29-37-5-13-41(14-6-37)53-45-27-52(57-28-45)56(44-19-11-40(12-20-44)32-68-36-64-4)51-26-25-50(60-51)55(43-17-9-39(10-18-43)31-67-35-63-3)49-24-23-48(59-49)54(47-22-21-46(53)58-47)42-15-7-38(8-16-42)30-66-34-62-2/h5-28,58,60H,29-36H2,1-4H3. The van der Waals surface area contributed by atoms with Crippen LogP contribution in [-0.2, 0) is 64.3 Å². The van der Waals surface area contributed by atoms with Gasteiger partial charge in [0.15, 0.2) is 0 Å². The number of ether oxygens (including phenoxy) is 8.